The van der Waals surface area contributed by atoms with Gasteiger partial charge in [0.05, 0.1) is 28.9 Å². The van der Waals surface area contributed by atoms with Gasteiger partial charge in [0, 0.05) is 11.5 Å². The molecular weight excluding hydrogens is 443 g/mol. The molecule has 1 aliphatic rings. The normalized spacial score (nSPS) is 17.0. The number of nitrogens with one attached hydrogen (secondary N) is 1. The third-order valence-electron chi connectivity index (χ3n) is 5.75. The van der Waals surface area contributed by atoms with Crippen LogP contribution in [0.4, 0.5) is 15.2 Å². The van der Waals surface area contributed by atoms with Crippen molar-refractivity contribution in [2.45, 2.75) is 6.42 Å². The molecule has 0 bridgehead atoms. The van der Waals surface area contributed by atoms with Crippen LogP contribution in [0.2, 0.25) is 0 Å². The lowest BCUT2D eigenvalue weighted by Crippen LogP contribution is -2.08. The summed E-state index contributed by atoms with van der Waals surface area (Å²) in [5.41, 5.74) is 3.01. The number of thiazole rings is 1. The molecule has 4 aromatic rings. The number of fused-ring (bicyclic) bond motifs is 1. The van der Waals surface area contributed by atoms with Crippen molar-refractivity contribution < 1.29 is 23.8 Å². The number of carbonyl (C=O) groups is 2. The number of aromatic nitrogens is 1. The number of aliphatic carboxylic acids is 1. The van der Waals surface area contributed by atoms with Crippen LogP contribution in [0, 0.1) is 17.7 Å². The van der Waals surface area contributed by atoms with Crippen LogP contribution < -0.4 is 10.1 Å². The molecule has 2 N–H and O–H groups in total. The van der Waals surface area contributed by atoms with Crippen LogP contribution in [0.5, 0.6) is 5.75 Å². The van der Waals surface area contributed by atoms with Gasteiger partial charge in [0.2, 0.25) is 0 Å². The lowest BCUT2D eigenvalue weighted by Gasteiger charge is -2.08. The largest absolute Gasteiger partial charge is 0.497 e. The van der Waals surface area contributed by atoms with Crippen molar-refractivity contribution in [3.8, 4) is 16.9 Å². The van der Waals surface area contributed by atoms with Crippen molar-refractivity contribution in [1.29, 1.82) is 0 Å². The van der Waals surface area contributed by atoms with Crippen LogP contribution >= 0.6 is 11.3 Å². The average Bonchev–Trinajstić information content (AvgIpc) is 3.53. The van der Waals surface area contributed by atoms with Gasteiger partial charge in [-0.1, -0.05) is 41.7 Å². The van der Waals surface area contributed by atoms with E-state index in [-0.39, 0.29) is 5.78 Å². The first-order chi connectivity index (χ1) is 15.9. The zero-order chi connectivity index (χ0) is 23.1. The highest BCUT2D eigenvalue weighted by Gasteiger charge is 2.48. The summed E-state index contributed by atoms with van der Waals surface area (Å²) >= 11 is 1.41. The number of anilines is 2. The summed E-state index contributed by atoms with van der Waals surface area (Å²) in [6, 6.07) is 17.3. The van der Waals surface area contributed by atoms with E-state index in [2.05, 4.69) is 10.3 Å². The number of benzene rings is 3. The quantitative estimate of drug-likeness (QED) is 0.340. The molecule has 1 aromatic heterocycles. The second kappa shape index (κ2) is 8.29. The Labute approximate surface area is 192 Å². The minimum atomic E-state index is -0.931. The summed E-state index contributed by atoms with van der Waals surface area (Å²) in [6.45, 7) is 0. The summed E-state index contributed by atoms with van der Waals surface area (Å²) in [5.74, 6) is -1.80. The van der Waals surface area contributed by atoms with E-state index in [9.17, 15) is 14.0 Å². The molecule has 0 aliphatic heterocycles. The molecule has 0 radical (unpaired) electrons. The number of Topliss-reactive ketones (excluding diaryl/α,β-unsaturated/α-hetero) is 1. The number of hydrogen-bond donors (Lipinski definition) is 2. The van der Waals surface area contributed by atoms with Crippen LogP contribution in [-0.4, -0.2) is 29.0 Å². The molecule has 1 saturated carbocycles. The van der Waals surface area contributed by atoms with Gasteiger partial charge in [-0.05, 0) is 47.9 Å². The highest BCUT2D eigenvalue weighted by Crippen LogP contribution is 2.41. The maximum absolute atomic E-state index is 14.8. The first-order valence-corrected chi connectivity index (χ1v) is 11.1. The van der Waals surface area contributed by atoms with E-state index >= 15 is 0 Å². The Morgan fingerprint density at radius 2 is 1.82 bits per heavy atom. The minimum Gasteiger partial charge on any atom is -0.497 e. The standard InChI is InChI=1S/C25H19FN2O4S/c1-32-16-7-9-21-22(11-16)33-25(28-21)27-20-8-6-15(10-19(20)26)13-2-4-14(5-3-13)23(29)17-12-18(17)24(30)31/h2-11,17-18H,12H2,1H3,(H,27,28)(H,30,31). The summed E-state index contributed by atoms with van der Waals surface area (Å²) in [6.07, 6.45) is 0.387. The lowest BCUT2D eigenvalue weighted by atomic mass is 10.00. The van der Waals surface area contributed by atoms with Gasteiger partial charge in [-0.15, -0.1) is 0 Å². The van der Waals surface area contributed by atoms with Crippen molar-refractivity contribution in [1.82, 2.24) is 4.98 Å². The van der Waals surface area contributed by atoms with Gasteiger partial charge in [0.1, 0.15) is 11.6 Å². The van der Waals surface area contributed by atoms with Crippen molar-refractivity contribution in [2.75, 3.05) is 12.4 Å². The van der Waals surface area contributed by atoms with E-state index in [1.54, 1.807) is 43.5 Å². The molecule has 8 heteroatoms. The number of rotatable bonds is 7. The number of hydrogen-bond acceptors (Lipinski definition) is 6. The van der Waals surface area contributed by atoms with Gasteiger partial charge in [-0.25, -0.2) is 9.37 Å². The second-order valence-corrected chi connectivity index (χ2v) is 8.93. The van der Waals surface area contributed by atoms with Crippen molar-refractivity contribution in [3.63, 3.8) is 0 Å². The summed E-state index contributed by atoms with van der Waals surface area (Å²) < 4.78 is 21.0. The van der Waals surface area contributed by atoms with Gasteiger partial charge in [0.25, 0.3) is 0 Å². The predicted octanol–water partition coefficient (Wildman–Crippen LogP) is 5.76. The van der Waals surface area contributed by atoms with Crippen LogP contribution in [-0.2, 0) is 4.79 Å². The Morgan fingerprint density at radius 1 is 1.06 bits per heavy atom. The molecule has 0 spiro atoms. The molecule has 1 heterocycles. The number of ether oxygens (including phenoxy) is 1. The SMILES string of the molecule is COc1ccc2nc(Nc3ccc(-c4ccc(C(=O)C5CC5C(=O)O)cc4)cc3F)sc2c1. The Morgan fingerprint density at radius 3 is 2.48 bits per heavy atom. The molecular formula is C25H19FN2O4S. The molecule has 6 nitrogen and oxygen atoms in total. The third kappa shape index (κ3) is 4.17. The fraction of sp³-hybridized carbons (Fsp3) is 0.160. The van der Waals surface area contributed by atoms with E-state index in [4.69, 9.17) is 9.84 Å². The molecule has 2 unspecified atom stereocenters. The van der Waals surface area contributed by atoms with E-state index < -0.39 is 23.6 Å². The number of carbonyl (C=O) groups excluding carboxylic acids is 1. The van der Waals surface area contributed by atoms with Gasteiger partial charge >= 0.3 is 5.97 Å². The van der Waals surface area contributed by atoms with Gasteiger partial charge in [-0.2, -0.15) is 0 Å². The summed E-state index contributed by atoms with van der Waals surface area (Å²) in [7, 11) is 1.60. The first kappa shape index (κ1) is 21.1. The lowest BCUT2D eigenvalue weighted by molar-refractivity contribution is -0.138. The first-order valence-electron chi connectivity index (χ1n) is 10.3. The van der Waals surface area contributed by atoms with Crippen LogP contribution in [0.1, 0.15) is 16.8 Å². The molecule has 166 valence electrons. The number of carboxylic acids is 1. The van der Waals surface area contributed by atoms with E-state index in [1.807, 2.05) is 18.2 Å². The molecule has 33 heavy (non-hydrogen) atoms. The fourth-order valence-electron chi connectivity index (χ4n) is 3.80. The smallest absolute Gasteiger partial charge is 0.307 e. The van der Waals surface area contributed by atoms with Crippen molar-refractivity contribution >= 4 is 44.1 Å². The maximum Gasteiger partial charge on any atom is 0.307 e. The Hall–Kier alpha value is -3.78. The zero-order valence-corrected chi connectivity index (χ0v) is 18.4. The minimum absolute atomic E-state index is 0.159. The Bertz CT molecular complexity index is 1380. The van der Waals surface area contributed by atoms with Crippen LogP contribution in [0.15, 0.2) is 60.7 Å². The highest BCUT2D eigenvalue weighted by atomic mass is 32.1. The van der Waals surface area contributed by atoms with E-state index in [0.717, 1.165) is 21.5 Å². The Kier molecular flexibility index (Phi) is 5.30. The zero-order valence-electron chi connectivity index (χ0n) is 17.5. The molecule has 2 atom stereocenters. The average molecular weight is 463 g/mol. The predicted molar refractivity (Wildman–Crippen MR) is 125 cm³/mol. The van der Waals surface area contributed by atoms with Crippen molar-refractivity contribution in [3.05, 3.63) is 72.0 Å². The number of methoxy groups -OCH3 is 1. The molecule has 0 saturated heterocycles. The molecule has 0 amide bonds. The van der Waals surface area contributed by atoms with Gasteiger partial charge in [-0.3, -0.25) is 9.59 Å². The topological polar surface area (TPSA) is 88.5 Å². The van der Waals surface area contributed by atoms with E-state index in [1.165, 1.54) is 17.4 Å². The molecule has 5 rings (SSSR count). The molecule has 1 aliphatic carbocycles. The van der Waals surface area contributed by atoms with E-state index in [0.29, 0.717) is 28.4 Å². The molecule has 3 aromatic carbocycles. The fourth-order valence-corrected chi connectivity index (χ4v) is 4.70. The summed E-state index contributed by atoms with van der Waals surface area (Å²) in [5, 5.41) is 12.6. The van der Waals surface area contributed by atoms with Gasteiger partial charge in [0.15, 0.2) is 10.9 Å². The number of carboxylic acid groups (broad SMARTS) is 1. The number of ketones is 1. The van der Waals surface area contributed by atoms with Crippen LogP contribution in [0.3, 0.4) is 0 Å². The number of nitrogens with zero attached hydrogens (tertiary/aromatic N) is 1. The molecule has 1 fully saturated rings. The van der Waals surface area contributed by atoms with Crippen LogP contribution in [0.25, 0.3) is 21.3 Å². The van der Waals surface area contributed by atoms with Gasteiger partial charge < -0.3 is 15.2 Å². The van der Waals surface area contributed by atoms with Crippen molar-refractivity contribution in [2.24, 2.45) is 11.8 Å². The monoisotopic (exact) mass is 462 g/mol. The Balaban J connectivity index is 1.31. The second-order valence-electron chi connectivity index (χ2n) is 7.90. The number of halogens is 1. The highest BCUT2D eigenvalue weighted by molar-refractivity contribution is 7.22. The summed E-state index contributed by atoms with van der Waals surface area (Å²) in [4.78, 5) is 27.9. The maximum atomic E-state index is 14.8. The third-order valence-corrected chi connectivity index (χ3v) is 6.69.